The van der Waals surface area contributed by atoms with Gasteiger partial charge >= 0.3 is 0 Å². The van der Waals surface area contributed by atoms with Crippen molar-refractivity contribution in [2.45, 2.75) is 19.3 Å². The molecule has 1 aromatic carbocycles. The van der Waals surface area contributed by atoms with Gasteiger partial charge in [-0.2, -0.15) is 0 Å². The van der Waals surface area contributed by atoms with E-state index in [1.807, 2.05) is 0 Å². The number of rotatable bonds is 2. The molecule has 1 nitrogen and oxygen atoms in total. The summed E-state index contributed by atoms with van der Waals surface area (Å²) in [6.45, 7) is 0. The van der Waals surface area contributed by atoms with E-state index in [1.165, 1.54) is 6.07 Å². The Hall–Kier alpha value is -1.03. The number of Topliss-reactive ketones (excluding diaryl/α,β-unsaturated/α-hetero) is 1. The highest BCUT2D eigenvalue weighted by Crippen LogP contribution is 2.27. The van der Waals surface area contributed by atoms with Crippen LogP contribution in [-0.2, 0) is 0 Å². The average Bonchev–Trinajstić information content (AvgIpc) is 2.77. The quantitative estimate of drug-likeness (QED) is 0.593. The lowest BCUT2D eigenvalue weighted by atomic mass is 10.0. The summed E-state index contributed by atoms with van der Waals surface area (Å²) in [7, 11) is 0. The lowest BCUT2D eigenvalue weighted by molar-refractivity contribution is 0.102. The molecule has 84 valence electrons. The predicted octanol–water partition coefficient (Wildman–Crippen LogP) is 4.02. The number of hydrogen-bond donors (Lipinski definition) is 0. The molecule has 0 bridgehead atoms. The molecular formula is C12H9BrF2O. The number of halogens is 3. The van der Waals surface area contributed by atoms with Gasteiger partial charge in [0.15, 0.2) is 11.6 Å². The van der Waals surface area contributed by atoms with Gasteiger partial charge in [0.25, 0.3) is 0 Å². The summed E-state index contributed by atoms with van der Waals surface area (Å²) in [4.78, 5) is 11.9. The Morgan fingerprint density at radius 2 is 2.06 bits per heavy atom. The van der Waals surface area contributed by atoms with Crippen molar-refractivity contribution >= 4 is 21.7 Å². The molecule has 16 heavy (non-hydrogen) atoms. The molecule has 1 aliphatic carbocycles. The molecule has 0 unspecified atom stereocenters. The Morgan fingerprint density at radius 1 is 1.31 bits per heavy atom. The fraction of sp³-hybridized carbons (Fsp3) is 0.250. The van der Waals surface area contributed by atoms with Gasteiger partial charge in [0.2, 0.25) is 0 Å². The molecule has 1 aromatic rings. The van der Waals surface area contributed by atoms with Crippen molar-refractivity contribution in [3.63, 3.8) is 0 Å². The van der Waals surface area contributed by atoms with Crippen molar-refractivity contribution in [1.82, 2.24) is 0 Å². The summed E-state index contributed by atoms with van der Waals surface area (Å²) in [5.41, 5.74) is 0.0541. The molecule has 1 aliphatic rings. The fourth-order valence-electron chi connectivity index (χ4n) is 1.77. The van der Waals surface area contributed by atoms with Gasteiger partial charge in [-0.25, -0.2) is 8.78 Å². The molecule has 0 atom stereocenters. The van der Waals surface area contributed by atoms with Gasteiger partial charge in [0, 0.05) is 0 Å². The Morgan fingerprint density at radius 3 is 2.69 bits per heavy atom. The van der Waals surface area contributed by atoms with Gasteiger partial charge in [-0.3, -0.25) is 4.79 Å². The van der Waals surface area contributed by atoms with Crippen LogP contribution in [0.25, 0.3) is 0 Å². The van der Waals surface area contributed by atoms with Gasteiger partial charge in [-0.1, -0.05) is 6.08 Å². The molecule has 0 saturated carbocycles. The van der Waals surface area contributed by atoms with Crippen molar-refractivity contribution in [1.29, 1.82) is 0 Å². The normalized spacial score (nSPS) is 15.1. The summed E-state index contributed by atoms with van der Waals surface area (Å²) >= 11 is 2.94. The highest BCUT2D eigenvalue weighted by atomic mass is 79.9. The Balaban J connectivity index is 2.47. The molecule has 0 heterocycles. The lowest BCUT2D eigenvalue weighted by Crippen LogP contribution is -2.08. The third-order valence-corrected chi connectivity index (χ3v) is 3.22. The standard InChI is InChI=1S/C12H9BrF2O/c13-8-5-6-9(14)10(11(8)15)12(16)7-3-1-2-4-7/h3,5-6H,1-2,4H2. The van der Waals surface area contributed by atoms with Crippen LogP contribution in [0.5, 0.6) is 0 Å². The van der Waals surface area contributed by atoms with E-state index in [2.05, 4.69) is 15.9 Å². The van der Waals surface area contributed by atoms with E-state index in [9.17, 15) is 13.6 Å². The largest absolute Gasteiger partial charge is 0.289 e. The third-order valence-electron chi connectivity index (χ3n) is 2.60. The minimum atomic E-state index is -0.821. The van der Waals surface area contributed by atoms with Gasteiger partial charge in [0.05, 0.1) is 10.0 Å². The first kappa shape index (κ1) is 11.5. The number of carbonyl (C=O) groups is 1. The van der Waals surface area contributed by atoms with E-state index in [0.717, 1.165) is 18.9 Å². The Labute approximate surface area is 100 Å². The van der Waals surface area contributed by atoms with Crippen molar-refractivity contribution in [2.75, 3.05) is 0 Å². The van der Waals surface area contributed by atoms with Gasteiger partial charge in [0.1, 0.15) is 5.82 Å². The first-order valence-corrected chi connectivity index (χ1v) is 5.78. The summed E-state index contributed by atoms with van der Waals surface area (Å²) in [6.07, 6.45) is 4.03. The molecule has 0 saturated heterocycles. The molecule has 0 spiro atoms. The summed E-state index contributed by atoms with van der Waals surface area (Å²) < 4.78 is 27.2. The van der Waals surface area contributed by atoms with E-state index < -0.39 is 23.0 Å². The van der Waals surface area contributed by atoms with E-state index in [-0.39, 0.29) is 4.47 Å². The minimum Gasteiger partial charge on any atom is -0.289 e. The van der Waals surface area contributed by atoms with Crippen LogP contribution in [0.2, 0.25) is 0 Å². The van der Waals surface area contributed by atoms with Crippen LogP contribution >= 0.6 is 15.9 Å². The zero-order valence-electron chi connectivity index (χ0n) is 8.40. The first-order valence-electron chi connectivity index (χ1n) is 4.98. The van der Waals surface area contributed by atoms with Crippen LogP contribution in [0.1, 0.15) is 29.6 Å². The van der Waals surface area contributed by atoms with Crippen LogP contribution in [0.3, 0.4) is 0 Å². The molecule has 0 amide bonds. The van der Waals surface area contributed by atoms with Gasteiger partial charge in [-0.15, -0.1) is 0 Å². The molecular weight excluding hydrogens is 278 g/mol. The smallest absolute Gasteiger partial charge is 0.194 e. The maximum atomic E-state index is 13.6. The summed E-state index contributed by atoms with van der Waals surface area (Å²) in [5.74, 6) is -2.16. The fourth-order valence-corrected chi connectivity index (χ4v) is 2.10. The molecule has 2 rings (SSSR count). The van der Waals surface area contributed by atoms with Crippen LogP contribution in [0.15, 0.2) is 28.3 Å². The predicted molar refractivity (Wildman–Crippen MR) is 60.3 cm³/mol. The van der Waals surface area contributed by atoms with Crippen molar-refractivity contribution in [2.24, 2.45) is 0 Å². The lowest BCUT2D eigenvalue weighted by Gasteiger charge is -2.06. The maximum Gasteiger partial charge on any atom is 0.194 e. The van der Waals surface area contributed by atoms with Crippen LogP contribution in [0.4, 0.5) is 8.78 Å². The molecule has 4 heteroatoms. The molecule has 0 aromatic heterocycles. The van der Waals surface area contributed by atoms with Crippen molar-refractivity contribution < 1.29 is 13.6 Å². The average molecular weight is 287 g/mol. The van der Waals surface area contributed by atoms with E-state index in [1.54, 1.807) is 6.08 Å². The van der Waals surface area contributed by atoms with Crippen LogP contribution < -0.4 is 0 Å². The topological polar surface area (TPSA) is 17.1 Å². The summed E-state index contributed by atoms with van der Waals surface area (Å²) in [5, 5.41) is 0. The van der Waals surface area contributed by atoms with Gasteiger partial charge < -0.3 is 0 Å². The highest BCUT2D eigenvalue weighted by Gasteiger charge is 2.23. The second-order valence-electron chi connectivity index (χ2n) is 3.67. The second-order valence-corrected chi connectivity index (χ2v) is 4.52. The summed E-state index contributed by atoms with van der Waals surface area (Å²) in [6, 6.07) is 2.35. The van der Waals surface area contributed by atoms with E-state index in [0.29, 0.717) is 12.0 Å². The number of allylic oxidation sites excluding steroid dienone is 2. The zero-order chi connectivity index (χ0) is 11.7. The first-order chi connectivity index (χ1) is 7.61. The van der Waals surface area contributed by atoms with Crippen molar-refractivity contribution in [3.05, 3.63) is 45.5 Å². The molecule has 0 N–H and O–H groups in total. The number of benzene rings is 1. The van der Waals surface area contributed by atoms with Crippen LogP contribution in [0, 0.1) is 11.6 Å². The minimum absolute atomic E-state index is 0.107. The highest BCUT2D eigenvalue weighted by molar-refractivity contribution is 9.10. The second kappa shape index (κ2) is 4.45. The van der Waals surface area contributed by atoms with E-state index >= 15 is 0 Å². The molecule has 0 fully saturated rings. The van der Waals surface area contributed by atoms with Crippen molar-refractivity contribution in [3.8, 4) is 0 Å². The third kappa shape index (κ3) is 1.94. The number of ketones is 1. The molecule has 0 radical (unpaired) electrons. The Kier molecular flexibility index (Phi) is 3.19. The van der Waals surface area contributed by atoms with E-state index in [4.69, 9.17) is 0 Å². The zero-order valence-corrected chi connectivity index (χ0v) is 9.98. The Bertz CT molecular complexity index is 480. The van der Waals surface area contributed by atoms with Crippen LogP contribution in [-0.4, -0.2) is 5.78 Å². The SMILES string of the molecule is O=C(C1=CCCC1)c1c(F)ccc(Br)c1F. The number of hydrogen-bond acceptors (Lipinski definition) is 1. The monoisotopic (exact) mass is 286 g/mol. The maximum absolute atomic E-state index is 13.6. The molecule has 0 aliphatic heterocycles. The number of carbonyl (C=O) groups excluding carboxylic acids is 1. The van der Waals surface area contributed by atoms with Gasteiger partial charge in [-0.05, 0) is 52.9 Å².